The summed E-state index contributed by atoms with van der Waals surface area (Å²) in [5, 5.41) is 5.94. The van der Waals surface area contributed by atoms with E-state index in [0.717, 1.165) is 27.5 Å². The number of nitrogens with zero attached hydrogens (tertiary/aromatic N) is 4. The van der Waals surface area contributed by atoms with Crippen molar-refractivity contribution < 1.29 is 0 Å². The Balaban J connectivity index is 2.07. The van der Waals surface area contributed by atoms with Crippen LogP contribution in [0.15, 0.2) is 52.9 Å². The van der Waals surface area contributed by atoms with Crippen molar-refractivity contribution in [2.45, 2.75) is 17.0 Å². The minimum atomic E-state index is 0.641. The van der Waals surface area contributed by atoms with Gasteiger partial charge < -0.3 is 5.32 Å². The van der Waals surface area contributed by atoms with Crippen LogP contribution in [0.25, 0.3) is 10.9 Å². The van der Waals surface area contributed by atoms with E-state index in [1.807, 2.05) is 37.3 Å². The van der Waals surface area contributed by atoms with Crippen molar-refractivity contribution in [1.29, 1.82) is 0 Å². The fourth-order valence-electron chi connectivity index (χ4n) is 1.80. The molecule has 1 aromatic carbocycles. The second-order valence-electron chi connectivity index (χ2n) is 4.05. The summed E-state index contributed by atoms with van der Waals surface area (Å²) >= 11 is 1.51. The first kappa shape index (κ1) is 12.8. The van der Waals surface area contributed by atoms with Crippen LogP contribution in [-0.4, -0.2) is 26.5 Å². The maximum absolute atomic E-state index is 4.57. The Morgan fingerprint density at radius 2 is 2.05 bits per heavy atom. The van der Waals surface area contributed by atoms with E-state index in [-0.39, 0.29) is 0 Å². The van der Waals surface area contributed by atoms with Crippen molar-refractivity contribution in [3.05, 3.63) is 42.9 Å². The molecule has 0 amide bonds. The molecule has 20 heavy (non-hydrogen) atoms. The normalized spacial score (nSPS) is 10.7. The van der Waals surface area contributed by atoms with Crippen molar-refractivity contribution in [2.24, 2.45) is 0 Å². The zero-order valence-corrected chi connectivity index (χ0v) is 11.8. The van der Waals surface area contributed by atoms with Crippen molar-refractivity contribution in [3.8, 4) is 0 Å². The molecule has 0 fully saturated rings. The summed E-state index contributed by atoms with van der Waals surface area (Å²) in [6.07, 6.45) is 3.26. The first-order chi connectivity index (χ1) is 9.86. The highest BCUT2D eigenvalue weighted by Gasteiger charge is 2.09. The number of fused-ring (bicyclic) bond motifs is 1. The Morgan fingerprint density at radius 3 is 2.85 bits per heavy atom. The minimum absolute atomic E-state index is 0.641. The predicted molar refractivity (Wildman–Crippen MR) is 79.9 cm³/mol. The first-order valence-electron chi connectivity index (χ1n) is 6.31. The fourth-order valence-corrected chi connectivity index (χ4v) is 2.64. The van der Waals surface area contributed by atoms with Gasteiger partial charge in [0.2, 0.25) is 5.95 Å². The summed E-state index contributed by atoms with van der Waals surface area (Å²) < 4.78 is 0. The smallest absolute Gasteiger partial charge is 0.224 e. The summed E-state index contributed by atoms with van der Waals surface area (Å²) in [7, 11) is 0. The number of anilines is 1. The molecule has 0 unspecified atom stereocenters. The molecule has 0 radical (unpaired) electrons. The van der Waals surface area contributed by atoms with Gasteiger partial charge in [0.05, 0.1) is 5.52 Å². The monoisotopic (exact) mass is 283 g/mol. The highest BCUT2D eigenvalue weighted by molar-refractivity contribution is 7.99. The molecule has 3 aromatic rings. The van der Waals surface area contributed by atoms with Gasteiger partial charge in [-0.2, -0.15) is 0 Å². The second kappa shape index (κ2) is 5.83. The lowest BCUT2D eigenvalue weighted by molar-refractivity contribution is 1.02. The van der Waals surface area contributed by atoms with Gasteiger partial charge in [-0.3, -0.25) is 0 Å². The lowest BCUT2D eigenvalue weighted by Gasteiger charge is -2.08. The lowest BCUT2D eigenvalue weighted by atomic mass is 10.2. The number of hydrogen-bond donors (Lipinski definition) is 1. The van der Waals surface area contributed by atoms with E-state index in [1.165, 1.54) is 18.1 Å². The van der Waals surface area contributed by atoms with E-state index in [1.54, 1.807) is 6.20 Å². The van der Waals surface area contributed by atoms with Crippen molar-refractivity contribution in [3.63, 3.8) is 0 Å². The molecular formula is C14H13N5S. The predicted octanol–water partition coefficient (Wildman–Crippen LogP) is 3.00. The first-order valence-corrected chi connectivity index (χ1v) is 7.13. The van der Waals surface area contributed by atoms with Gasteiger partial charge in [-0.25, -0.2) is 19.9 Å². The lowest BCUT2D eigenvalue weighted by Crippen LogP contribution is -2.03. The standard InChI is InChI=1S/C14H13N5S/c1-2-16-14-18-11-6-4-3-5-10(11)13(19-14)20-12-7-8-15-9-17-12/h3-9H,2H2,1H3,(H,16,18,19). The molecule has 5 nitrogen and oxygen atoms in total. The van der Waals surface area contributed by atoms with Crippen LogP contribution < -0.4 is 5.32 Å². The summed E-state index contributed by atoms with van der Waals surface area (Å²) in [5.74, 6) is 0.641. The van der Waals surface area contributed by atoms with E-state index in [4.69, 9.17) is 0 Å². The third kappa shape index (κ3) is 2.70. The average Bonchev–Trinajstić information content (AvgIpc) is 2.49. The van der Waals surface area contributed by atoms with Crippen LogP contribution in [0, 0.1) is 0 Å². The van der Waals surface area contributed by atoms with Gasteiger partial charge in [-0.15, -0.1) is 0 Å². The Kier molecular flexibility index (Phi) is 3.73. The largest absolute Gasteiger partial charge is 0.354 e. The number of benzene rings is 1. The van der Waals surface area contributed by atoms with Gasteiger partial charge in [0.1, 0.15) is 16.4 Å². The molecule has 2 heterocycles. The molecule has 2 aromatic heterocycles. The van der Waals surface area contributed by atoms with Crippen molar-refractivity contribution in [2.75, 3.05) is 11.9 Å². The molecule has 0 spiro atoms. The van der Waals surface area contributed by atoms with E-state index in [9.17, 15) is 0 Å². The zero-order chi connectivity index (χ0) is 13.8. The summed E-state index contributed by atoms with van der Waals surface area (Å²) in [6.45, 7) is 2.81. The van der Waals surface area contributed by atoms with Crippen LogP contribution in [0.4, 0.5) is 5.95 Å². The van der Waals surface area contributed by atoms with Gasteiger partial charge in [-0.05, 0) is 30.8 Å². The molecule has 0 aliphatic rings. The Labute approximate surface area is 120 Å². The van der Waals surface area contributed by atoms with Crippen LogP contribution in [-0.2, 0) is 0 Å². The molecule has 0 atom stereocenters. The van der Waals surface area contributed by atoms with Crippen molar-refractivity contribution in [1.82, 2.24) is 19.9 Å². The molecule has 3 rings (SSSR count). The van der Waals surface area contributed by atoms with Crippen LogP contribution in [0.3, 0.4) is 0 Å². The number of rotatable bonds is 4. The number of para-hydroxylation sites is 1. The van der Waals surface area contributed by atoms with E-state index in [0.29, 0.717) is 5.95 Å². The summed E-state index contributed by atoms with van der Waals surface area (Å²) in [6, 6.07) is 9.85. The highest BCUT2D eigenvalue weighted by Crippen LogP contribution is 2.30. The number of hydrogen-bond acceptors (Lipinski definition) is 6. The molecular weight excluding hydrogens is 270 g/mol. The van der Waals surface area contributed by atoms with Crippen LogP contribution in [0.2, 0.25) is 0 Å². The molecule has 0 saturated carbocycles. The van der Waals surface area contributed by atoms with Crippen LogP contribution in [0.5, 0.6) is 0 Å². The SMILES string of the molecule is CCNc1nc(Sc2ccncn2)c2ccccc2n1. The fraction of sp³-hybridized carbons (Fsp3) is 0.143. The van der Waals surface area contributed by atoms with Gasteiger partial charge in [0.15, 0.2) is 0 Å². The summed E-state index contributed by atoms with van der Waals surface area (Å²) in [4.78, 5) is 17.2. The van der Waals surface area contributed by atoms with E-state index in [2.05, 4.69) is 25.3 Å². The van der Waals surface area contributed by atoms with Crippen LogP contribution in [0.1, 0.15) is 6.92 Å². The number of aromatic nitrogens is 4. The van der Waals surface area contributed by atoms with Gasteiger partial charge in [-0.1, -0.05) is 18.2 Å². The maximum atomic E-state index is 4.57. The van der Waals surface area contributed by atoms with Gasteiger partial charge in [0.25, 0.3) is 0 Å². The second-order valence-corrected chi connectivity index (χ2v) is 5.06. The van der Waals surface area contributed by atoms with E-state index >= 15 is 0 Å². The molecule has 0 saturated heterocycles. The average molecular weight is 283 g/mol. The molecule has 0 aliphatic carbocycles. The molecule has 6 heteroatoms. The number of nitrogens with one attached hydrogen (secondary N) is 1. The Hall–Kier alpha value is -2.21. The Bertz CT molecular complexity index is 717. The quantitative estimate of drug-likeness (QED) is 0.743. The maximum Gasteiger partial charge on any atom is 0.224 e. The molecule has 1 N–H and O–H groups in total. The summed E-state index contributed by atoms with van der Waals surface area (Å²) in [5.41, 5.74) is 0.926. The van der Waals surface area contributed by atoms with Gasteiger partial charge >= 0.3 is 0 Å². The third-order valence-electron chi connectivity index (χ3n) is 2.66. The molecule has 100 valence electrons. The zero-order valence-electron chi connectivity index (χ0n) is 10.9. The topological polar surface area (TPSA) is 63.6 Å². The third-order valence-corrected chi connectivity index (χ3v) is 3.61. The molecule has 0 aliphatic heterocycles. The highest BCUT2D eigenvalue weighted by atomic mass is 32.2. The minimum Gasteiger partial charge on any atom is -0.354 e. The van der Waals surface area contributed by atoms with Crippen molar-refractivity contribution >= 4 is 28.6 Å². The van der Waals surface area contributed by atoms with E-state index < -0.39 is 0 Å². The molecule has 0 bridgehead atoms. The van der Waals surface area contributed by atoms with Gasteiger partial charge in [0, 0.05) is 18.1 Å². The van der Waals surface area contributed by atoms with Crippen LogP contribution >= 0.6 is 11.8 Å². The Morgan fingerprint density at radius 1 is 1.15 bits per heavy atom.